The maximum absolute atomic E-state index is 12.3. The van der Waals surface area contributed by atoms with Crippen LogP contribution < -0.4 is 10.6 Å². The van der Waals surface area contributed by atoms with Gasteiger partial charge in [-0.25, -0.2) is 0 Å². The van der Waals surface area contributed by atoms with Crippen molar-refractivity contribution in [2.45, 2.75) is 32.0 Å². The van der Waals surface area contributed by atoms with Gasteiger partial charge in [0.25, 0.3) is 0 Å². The highest BCUT2D eigenvalue weighted by atomic mass is 16.5. The van der Waals surface area contributed by atoms with Crippen LogP contribution in [-0.4, -0.2) is 61.8 Å². The second-order valence-corrected chi connectivity index (χ2v) is 4.65. The average molecular weight is 227 g/mol. The molecule has 2 fully saturated rings. The molecule has 2 saturated heterocycles. The van der Waals surface area contributed by atoms with E-state index in [2.05, 4.69) is 17.6 Å². The van der Waals surface area contributed by atoms with Gasteiger partial charge in [-0.2, -0.15) is 0 Å². The second-order valence-electron chi connectivity index (χ2n) is 4.65. The lowest BCUT2D eigenvalue weighted by Gasteiger charge is -2.37. The number of hydrogen-bond donors (Lipinski definition) is 2. The number of carbonyl (C=O) groups is 1. The van der Waals surface area contributed by atoms with Crippen LogP contribution in [0.4, 0.5) is 0 Å². The molecule has 0 radical (unpaired) electrons. The first-order valence-electron chi connectivity index (χ1n) is 6.05. The van der Waals surface area contributed by atoms with E-state index in [0.717, 1.165) is 26.2 Å². The SMILES string of the molecule is C[C@@H]1CN(C(=O)[C@H]2NCCO[C@@H]2C)CCN1. The van der Waals surface area contributed by atoms with Crippen LogP contribution >= 0.6 is 0 Å². The number of hydrogen-bond acceptors (Lipinski definition) is 4. The molecule has 5 heteroatoms. The fraction of sp³-hybridized carbons (Fsp3) is 0.909. The van der Waals surface area contributed by atoms with Crippen molar-refractivity contribution >= 4 is 5.91 Å². The summed E-state index contributed by atoms with van der Waals surface area (Å²) in [5.74, 6) is 0.181. The first kappa shape index (κ1) is 11.8. The van der Waals surface area contributed by atoms with Crippen molar-refractivity contribution in [1.29, 1.82) is 0 Å². The highest BCUT2D eigenvalue weighted by Crippen LogP contribution is 2.09. The highest BCUT2D eigenvalue weighted by molar-refractivity contribution is 5.82. The van der Waals surface area contributed by atoms with Gasteiger partial charge >= 0.3 is 0 Å². The predicted octanol–water partition coefficient (Wildman–Crippen LogP) is -0.816. The van der Waals surface area contributed by atoms with Gasteiger partial charge in [-0.05, 0) is 13.8 Å². The van der Waals surface area contributed by atoms with Gasteiger partial charge in [0.2, 0.25) is 5.91 Å². The van der Waals surface area contributed by atoms with E-state index in [0.29, 0.717) is 12.6 Å². The van der Waals surface area contributed by atoms with E-state index in [1.54, 1.807) is 0 Å². The summed E-state index contributed by atoms with van der Waals surface area (Å²) in [6.45, 7) is 8.01. The molecule has 1 amide bonds. The van der Waals surface area contributed by atoms with E-state index in [4.69, 9.17) is 4.74 Å². The fourth-order valence-electron chi connectivity index (χ4n) is 2.34. The van der Waals surface area contributed by atoms with Gasteiger partial charge in [0.15, 0.2) is 0 Å². The Kier molecular flexibility index (Phi) is 3.78. The van der Waals surface area contributed by atoms with E-state index >= 15 is 0 Å². The molecule has 92 valence electrons. The van der Waals surface area contributed by atoms with Crippen molar-refractivity contribution in [3.63, 3.8) is 0 Å². The third-order valence-corrected chi connectivity index (χ3v) is 3.26. The van der Waals surface area contributed by atoms with Crippen LogP contribution in [0.3, 0.4) is 0 Å². The summed E-state index contributed by atoms with van der Waals surface area (Å²) in [6.07, 6.45) is -0.0218. The van der Waals surface area contributed by atoms with Crippen molar-refractivity contribution in [3.05, 3.63) is 0 Å². The number of nitrogens with one attached hydrogen (secondary N) is 2. The molecule has 2 heterocycles. The molecular weight excluding hydrogens is 206 g/mol. The van der Waals surface area contributed by atoms with Gasteiger partial charge < -0.3 is 20.3 Å². The molecule has 2 rings (SSSR count). The highest BCUT2D eigenvalue weighted by Gasteiger charge is 2.33. The smallest absolute Gasteiger partial charge is 0.242 e. The Morgan fingerprint density at radius 1 is 1.31 bits per heavy atom. The Morgan fingerprint density at radius 2 is 2.12 bits per heavy atom. The number of ether oxygens (including phenoxy) is 1. The summed E-state index contributed by atoms with van der Waals surface area (Å²) < 4.78 is 5.50. The van der Waals surface area contributed by atoms with Gasteiger partial charge in [0.1, 0.15) is 6.04 Å². The first-order chi connectivity index (χ1) is 7.68. The van der Waals surface area contributed by atoms with Gasteiger partial charge in [-0.15, -0.1) is 0 Å². The lowest BCUT2D eigenvalue weighted by atomic mass is 10.1. The molecule has 0 aromatic carbocycles. The molecule has 0 unspecified atom stereocenters. The van der Waals surface area contributed by atoms with E-state index < -0.39 is 0 Å². The standard InChI is InChI=1S/C11H21N3O2/c1-8-7-14(5-3-12-8)11(15)10-9(2)16-6-4-13-10/h8-10,12-13H,3-7H2,1-2H3/t8-,9-,10+/m1/s1. The van der Waals surface area contributed by atoms with E-state index in [9.17, 15) is 4.79 Å². The third-order valence-electron chi connectivity index (χ3n) is 3.26. The van der Waals surface area contributed by atoms with E-state index in [-0.39, 0.29) is 18.1 Å². The minimum absolute atomic E-state index is 0.0218. The largest absolute Gasteiger partial charge is 0.375 e. The zero-order valence-corrected chi connectivity index (χ0v) is 10.0. The van der Waals surface area contributed by atoms with Crippen molar-refractivity contribution < 1.29 is 9.53 Å². The summed E-state index contributed by atoms with van der Waals surface area (Å²) >= 11 is 0. The van der Waals surface area contributed by atoms with Crippen LogP contribution in [0.1, 0.15) is 13.8 Å². The Hall–Kier alpha value is -0.650. The van der Waals surface area contributed by atoms with Crippen molar-refractivity contribution in [2.24, 2.45) is 0 Å². The fourth-order valence-corrected chi connectivity index (χ4v) is 2.34. The number of morpholine rings is 1. The molecule has 0 aromatic rings. The Morgan fingerprint density at radius 3 is 2.81 bits per heavy atom. The average Bonchev–Trinajstić information content (AvgIpc) is 2.29. The number of carbonyl (C=O) groups excluding carboxylic acids is 1. The number of nitrogens with zero attached hydrogens (tertiary/aromatic N) is 1. The Bertz CT molecular complexity index is 260. The molecule has 0 spiro atoms. The lowest BCUT2D eigenvalue weighted by Crippen LogP contribution is -2.60. The lowest BCUT2D eigenvalue weighted by molar-refractivity contribution is -0.140. The molecule has 0 bridgehead atoms. The zero-order chi connectivity index (χ0) is 11.5. The number of rotatable bonds is 1. The number of amides is 1. The van der Waals surface area contributed by atoms with E-state index in [1.165, 1.54) is 0 Å². The Balaban J connectivity index is 1.94. The van der Waals surface area contributed by atoms with Gasteiger partial charge in [0, 0.05) is 32.2 Å². The molecular formula is C11H21N3O2. The molecule has 5 nitrogen and oxygen atoms in total. The van der Waals surface area contributed by atoms with Crippen LogP contribution in [-0.2, 0) is 9.53 Å². The number of piperazine rings is 1. The molecule has 2 N–H and O–H groups in total. The van der Waals surface area contributed by atoms with Gasteiger partial charge in [-0.1, -0.05) is 0 Å². The normalized spacial score (nSPS) is 36.1. The van der Waals surface area contributed by atoms with Crippen molar-refractivity contribution in [2.75, 3.05) is 32.8 Å². The molecule has 0 aromatic heterocycles. The Labute approximate surface area is 96.5 Å². The minimum atomic E-state index is -0.168. The van der Waals surface area contributed by atoms with Crippen LogP contribution in [0.25, 0.3) is 0 Å². The van der Waals surface area contributed by atoms with Gasteiger partial charge in [0.05, 0.1) is 12.7 Å². The molecule has 2 aliphatic heterocycles. The molecule has 16 heavy (non-hydrogen) atoms. The molecule has 3 atom stereocenters. The molecule has 2 aliphatic rings. The summed E-state index contributed by atoms with van der Waals surface area (Å²) in [5.41, 5.74) is 0. The first-order valence-corrected chi connectivity index (χ1v) is 6.05. The topological polar surface area (TPSA) is 53.6 Å². The summed E-state index contributed by atoms with van der Waals surface area (Å²) in [4.78, 5) is 14.2. The summed E-state index contributed by atoms with van der Waals surface area (Å²) in [6, 6.07) is 0.219. The van der Waals surface area contributed by atoms with Crippen LogP contribution in [0.15, 0.2) is 0 Å². The molecule has 0 saturated carbocycles. The van der Waals surface area contributed by atoms with Crippen LogP contribution in [0.5, 0.6) is 0 Å². The second kappa shape index (κ2) is 5.12. The molecule has 0 aliphatic carbocycles. The zero-order valence-electron chi connectivity index (χ0n) is 10.0. The predicted molar refractivity (Wildman–Crippen MR) is 61.2 cm³/mol. The summed E-state index contributed by atoms with van der Waals surface area (Å²) in [7, 11) is 0. The maximum Gasteiger partial charge on any atom is 0.242 e. The summed E-state index contributed by atoms with van der Waals surface area (Å²) in [5, 5.41) is 6.58. The minimum Gasteiger partial charge on any atom is -0.375 e. The quantitative estimate of drug-likeness (QED) is 0.615. The maximum atomic E-state index is 12.3. The monoisotopic (exact) mass is 227 g/mol. The van der Waals surface area contributed by atoms with Crippen molar-refractivity contribution in [3.8, 4) is 0 Å². The van der Waals surface area contributed by atoms with Crippen LogP contribution in [0.2, 0.25) is 0 Å². The van der Waals surface area contributed by atoms with Crippen molar-refractivity contribution in [1.82, 2.24) is 15.5 Å². The van der Waals surface area contributed by atoms with Crippen LogP contribution in [0, 0.1) is 0 Å². The van der Waals surface area contributed by atoms with E-state index in [1.807, 2.05) is 11.8 Å². The van der Waals surface area contributed by atoms with Gasteiger partial charge in [-0.3, -0.25) is 4.79 Å². The third kappa shape index (κ3) is 2.53.